The van der Waals surface area contributed by atoms with Crippen LogP contribution >= 0.6 is 0 Å². The third-order valence-electron chi connectivity index (χ3n) is 5.00. The van der Waals surface area contributed by atoms with E-state index in [1.807, 2.05) is 48.7 Å². The van der Waals surface area contributed by atoms with Crippen molar-refractivity contribution in [2.45, 2.75) is 32.5 Å². The Labute approximate surface area is 163 Å². The summed E-state index contributed by atoms with van der Waals surface area (Å²) in [5.41, 5.74) is 3.05. The van der Waals surface area contributed by atoms with Gasteiger partial charge in [0.25, 0.3) is 0 Å². The maximum absolute atomic E-state index is 12.9. The number of nitrogens with zero attached hydrogens (tertiary/aromatic N) is 4. The molecule has 3 heterocycles. The Morgan fingerprint density at radius 3 is 2.68 bits per heavy atom. The number of nitrogens with one attached hydrogen (secondary N) is 1. The molecule has 1 aliphatic rings. The molecule has 7 nitrogen and oxygen atoms in total. The molecule has 2 aromatic heterocycles. The molecule has 0 radical (unpaired) electrons. The fourth-order valence-corrected chi connectivity index (χ4v) is 3.56. The zero-order chi connectivity index (χ0) is 19.5. The Hall–Kier alpha value is -3.48. The molecule has 0 spiro atoms. The van der Waals surface area contributed by atoms with Crippen molar-refractivity contribution in [3.8, 4) is 5.82 Å². The number of carbonyl (C=O) groups excluding carboxylic acids is 2. The van der Waals surface area contributed by atoms with Gasteiger partial charge in [0.15, 0.2) is 5.82 Å². The summed E-state index contributed by atoms with van der Waals surface area (Å²) in [5.74, 6) is 0.401. The third kappa shape index (κ3) is 3.51. The molecule has 0 unspecified atom stereocenters. The summed E-state index contributed by atoms with van der Waals surface area (Å²) in [4.78, 5) is 31.1. The number of aromatic nitrogens is 3. The lowest BCUT2D eigenvalue weighted by molar-refractivity contribution is -0.140. The van der Waals surface area contributed by atoms with Crippen molar-refractivity contribution in [1.82, 2.24) is 25.0 Å². The van der Waals surface area contributed by atoms with Gasteiger partial charge in [0.05, 0.1) is 0 Å². The summed E-state index contributed by atoms with van der Waals surface area (Å²) in [6, 6.07) is 13.0. The summed E-state index contributed by atoms with van der Waals surface area (Å²) >= 11 is 0. The summed E-state index contributed by atoms with van der Waals surface area (Å²) in [7, 11) is 0. The first-order valence-electron chi connectivity index (χ1n) is 9.19. The monoisotopic (exact) mass is 375 g/mol. The molecule has 7 heteroatoms. The Balaban J connectivity index is 1.52. The Bertz CT molecular complexity index is 1000. The topological polar surface area (TPSA) is 80.1 Å². The first kappa shape index (κ1) is 17.9. The maximum Gasteiger partial charge on any atom is 0.243 e. The van der Waals surface area contributed by atoms with Crippen molar-refractivity contribution in [2.75, 3.05) is 0 Å². The number of carbonyl (C=O) groups is 2. The lowest BCUT2D eigenvalue weighted by Crippen LogP contribution is -2.51. The van der Waals surface area contributed by atoms with Gasteiger partial charge in [-0.1, -0.05) is 30.3 Å². The minimum atomic E-state index is -0.516. The van der Waals surface area contributed by atoms with Crippen molar-refractivity contribution < 1.29 is 9.59 Å². The molecule has 1 aromatic carbocycles. The van der Waals surface area contributed by atoms with E-state index in [0.29, 0.717) is 25.3 Å². The number of rotatable bonds is 4. The third-order valence-corrected chi connectivity index (χ3v) is 5.00. The second-order valence-corrected chi connectivity index (χ2v) is 6.79. The molecule has 28 heavy (non-hydrogen) atoms. The van der Waals surface area contributed by atoms with Crippen LogP contribution in [0.4, 0.5) is 0 Å². The van der Waals surface area contributed by atoms with Gasteiger partial charge in [0.1, 0.15) is 6.04 Å². The summed E-state index contributed by atoms with van der Waals surface area (Å²) < 4.78 is 1.67. The van der Waals surface area contributed by atoms with Crippen LogP contribution in [0.5, 0.6) is 0 Å². The molecule has 1 atom stereocenters. The predicted octanol–water partition coefficient (Wildman–Crippen LogP) is 1.86. The first-order valence-corrected chi connectivity index (χ1v) is 9.19. The van der Waals surface area contributed by atoms with Gasteiger partial charge in [-0.05, 0) is 23.3 Å². The smallest absolute Gasteiger partial charge is 0.243 e. The van der Waals surface area contributed by atoms with Gasteiger partial charge in [0, 0.05) is 50.6 Å². The highest BCUT2D eigenvalue weighted by molar-refractivity contribution is 5.87. The molecule has 0 saturated heterocycles. The van der Waals surface area contributed by atoms with E-state index in [1.54, 1.807) is 22.0 Å². The average molecular weight is 375 g/mol. The lowest BCUT2D eigenvalue weighted by atomic mass is 9.93. The van der Waals surface area contributed by atoms with Gasteiger partial charge >= 0.3 is 0 Å². The molecule has 4 rings (SSSR count). The number of benzene rings is 1. The van der Waals surface area contributed by atoms with Crippen molar-refractivity contribution in [3.63, 3.8) is 0 Å². The number of pyridine rings is 1. The first-order chi connectivity index (χ1) is 13.6. The number of amides is 2. The fraction of sp³-hybridized carbons (Fsp3) is 0.238. The highest BCUT2D eigenvalue weighted by Gasteiger charge is 2.32. The molecule has 0 fully saturated rings. The van der Waals surface area contributed by atoms with Crippen LogP contribution in [-0.2, 0) is 29.1 Å². The van der Waals surface area contributed by atoms with Gasteiger partial charge in [-0.15, -0.1) is 0 Å². The van der Waals surface area contributed by atoms with Crippen LogP contribution in [0.3, 0.4) is 0 Å². The average Bonchev–Trinajstić information content (AvgIpc) is 3.26. The van der Waals surface area contributed by atoms with Gasteiger partial charge in [-0.2, -0.15) is 5.10 Å². The minimum Gasteiger partial charge on any atom is -0.350 e. The van der Waals surface area contributed by atoms with Gasteiger partial charge in [-0.25, -0.2) is 9.67 Å². The zero-order valence-corrected chi connectivity index (χ0v) is 15.6. The second kappa shape index (κ2) is 7.64. The second-order valence-electron chi connectivity index (χ2n) is 6.79. The summed E-state index contributed by atoms with van der Waals surface area (Å²) in [6.45, 7) is 2.27. The predicted molar refractivity (Wildman–Crippen MR) is 103 cm³/mol. The minimum absolute atomic E-state index is 0.103. The SMILES string of the molecule is CC(=O)N1Cc2ccccc2C[C@@H]1C(=O)NCc1cccnc1-n1cccn1. The van der Waals surface area contributed by atoms with Crippen LogP contribution in [0.2, 0.25) is 0 Å². The lowest BCUT2D eigenvalue weighted by Gasteiger charge is -2.35. The fourth-order valence-electron chi connectivity index (χ4n) is 3.56. The van der Waals surface area contributed by atoms with Crippen molar-refractivity contribution >= 4 is 11.8 Å². The largest absolute Gasteiger partial charge is 0.350 e. The molecule has 1 N–H and O–H groups in total. The summed E-state index contributed by atoms with van der Waals surface area (Å²) in [6.07, 6.45) is 5.70. The molecule has 0 aliphatic carbocycles. The van der Waals surface area contributed by atoms with Gasteiger partial charge < -0.3 is 10.2 Å². The Morgan fingerprint density at radius 2 is 1.93 bits per heavy atom. The highest BCUT2D eigenvalue weighted by atomic mass is 16.2. The van der Waals surface area contributed by atoms with E-state index in [-0.39, 0.29) is 11.8 Å². The molecule has 0 bridgehead atoms. The van der Waals surface area contributed by atoms with Crippen molar-refractivity contribution in [3.05, 3.63) is 77.7 Å². The van der Waals surface area contributed by atoms with Crippen LogP contribution in [0, 0.1) is 0 Å². The number of fused-ring (bicyclic) bond motifs is 1. The molecular formula is C21H21N5O2. The van der Waals surface area contributed by atoms with Crippen molar-refractivity contribution in [2.24, 2.45) is 0 Å². The Morgan fingerprint density at radius 1 is 1.11 bits per heavy atom. The Kier molecular flexibility index (Phi) is 4.89. The number of hydrogen-bond acceptors (Lipinski definition) is 4. The standard InChI is InChI=1S/C21H21N5O2/c1-15(27)25-14-18-7-3-2-6-16(18)12-19(25)21(28)23-13-17-8-4-9-22-20(17)26-11-5-10-24-26/h2-11,19H,12-14H2,1H3,(H,23,28)/t19-/m1/s1. The molecule has 1 aliphatic heterocycles. The van der Waals surface area contributed by atoms with E-state index >= 15 is 0 Å². The van der Waals surface area contributed by atoms with E-state index in [4.69, 9.17) is 0 Å². The van der Waals surface area contributed by atoms with E-state index in [1.165, 1.54) is 6.92 Å². The molecule has 3 aromatic rings. The van der Waals surface area contributed by atoms with Gasteiger partial charge in [-0.3, -0.25) is 9.59 Å². The van der Waals surface area contributed by atoms with Crippen molar-refractivity contribution in [1.29, 1.82) is 0 Å². The van der Waals surface area contributed by atoms with Crippen LogP contribution in [0.15, 0.2) is 61.1 Å². The summed E-state index contributed by atoms with van der Waals surface area (Å²) in [5, 5.41) is 7.19. The molecular weight excluding hydrogens is 354 g/mol. The number of hydrogen-bond donors (Lipinski definition) is 1. The maximum atomic E-state index is 12.9. The van der Waals surface area contributed by atoms with E-state index in [0.717, 1.165) is 16.7 Å². The quantitative estimate of drug-likeness (QED) is 0.755. The van der Waals surface area contributed by atoms with Gasteiger partial charge in [0.2, 0.25) is 11.8 Å². The zero-order valence-electron chi connectivity index (χ0n) is 15.6. The van der Waals surface area contributed by atoms with Crippen LogP contribution in [0.1, 0.15) is 23.6 Å². The van der Waals surface area contributed by atoms with Crippen LogP contribution in [0.25, 0.3) is 5.82 Å². The van der Waals surface area contributed by atoms with Crippen LogP contribution in [-0.4, -0.2) is 37.5 Å². The molecule has 2 amide bonds. The molecule has 142 valence electrons. The normalized spacial score (nSPS) is 15.8. The van der Waals surface area contributed by atoms with E-state index in [9.17, 15) is 9.59 Å². The molecule has 0 saturated carbocycles. The highest BCUT2D eigenvalue weighted by Crippen LogP contribution is 2.23. The van der Waals surface area contributed by atoms with E-state index < -0.39 is 6.04 Å². The van der Waals surface area contributed by atoms with Crippen LogP contribution < -0.4 is 5.32 Å². The van der Waals surface area contributed by atoms with E-state index in [2.05, 4.69) is 15.4 Å².